The van der Waals surface area contributed by atoms with Crippen molar-refractivity contribution in [3.05, 3.63) is 11.9 Å². The van der Waals surface area contributed by atoms with E-state index in [1.165, 1.54) is 11.2 Å². The lowest BCUT2D eigenvalue weighted by Gasteiger charge is -2.36. The Labute approximate surface area is 115 Å². The first kappa shape index (κ1) is 14.8. The molecule has 8 heteroatoms. The number of rotatable bonds is 3. The van der Waals surface area contributed by atoms with Gasteiger partial charge in [-0.2, -0.15) is 13.2 Å². The van der Waals surface area contributed by atoms with Gasteiger partial charge in [0.25, 0.3) is 0 Å². The summed E-state index contributed by atoms with van der Waals surface area (Å²) in [6, 6.07) is 0. The summed E-state index contributed by atoms with van der Waals surface area (Å²) in [5.41, 5.74) is 0.916. The maximum Gasteiger partial charge on any atom is 0.401 e. The van der Waals surface area contributed by atoms with Crippen LogP contribution in [-0.2, 0) is 0 Å². The summed E-state index contributed by atoms with van der Waals surface area (Å²) in [4.78, 5) is 11.8. The fourth-order valence-corrected chi connectivity index (χ4v) is 2.38. The molecule has 0 amide bonds. The summed E-state index contributed by atoms with van der Waals surface area (Å²) in [5, 5.41) is 2.98. The van der Waals surface area contributed by atoms with Crippen molar-refractivity contribution in [2.75, 3.05) is 50.0 Å². The average Bonchev–Trinajstić information content (AvgIpc) is 2.38. The molecule has 1 aliphatic heterocycles. The smallest absolute Gasteiger partial charge is 0.373 e. The second-order valence-corrected chi connectivity index (χ2v) is 4.80. The topological polar surface area (TPSA) is 44.3 Å². The quantitative estimate of drug-likeness (QED) is 0.914. The molecular weight excluding hydrogens is 271 g/mol. The maximum atomic E-state index is 12.3. The van der Waals surface area contributed by atoms with E-state index in [2.05, 4.69) is 15.3 Å². The number of alkyl halides is 3. The Morgan fingerprint density at radius 1 is 1.20 bits per heavy atom. The number of aromatic nitrogens is 2. The molecule has 1 aromatic rings. The average molecular weight is 289 g/mol. The standard InChI is InChI=1S/C12H18F3N5/c1-9-10(16-2)17-8-18-11(9)20-5-3-19(4-6-20)7-12(13,14)15/h8H,3-7H2,1-2H3,(H,16,17,18). The zero-order valence-electron chi connectivity index (χ0n) is 11.5. The van der Waals surface area contributed by atoms with Gasteiger partial charge in [-0.1, -0.05) is 0 Å². The van der Waals surface area contributed by atoms with Crippen LogP contribution >= 0.6 is 0 Å². The van der Waals surface area contributed by atoms with Gasteiger partial charge in [-0.05, 0) is 6.92 Å². The molecule has 2 rings (SSSR count). The normalized spacial score (nSPS) is 17.4. The molecule has 0 bridgehead atoms. The Morgan fingerprint density at radius 2 is 1.85 bits per heavy atom. The fraction of sp³-hybridized carbons (Fsp3) is 0.667. The lowest BCUT2D eigenvalue weighted by atomic mass is 10.2. The third kappa shape index (κ3) is 3.50. The lowest BCUT2D eigenvalue weighted by Crippen LogP contribution is -2.49. The summed E-state index contributed by atoms with van der Waals surface area (Å²) >= 11 is 0. The van der Waals surface area contributed by atoms with Crippen LogP contribution in [0.4, 0.5) is 24.8 Å². The molecule has 0 atom stereocenters. The molecule has 0 unspecified atom stereocenters. The summed E-state index contributed by atoms with van der Waals surface area (Å²) in [6.45, 7) is 2.92. The monoisotopic (exact) mass is 289 g/mol. The predicted octanol–water partition coefficient (Wildman–Crippen LogP) is 1.51. The third-order valence-corrected chi connectivity index (χ3v) is 3.37. The largest absolute Gasteiger partial charge is 0.401 e. The highest BCUT2D eigenvalue weighted by Crippen LogP contribution is 2.24. The fourth-order valence-electron chi connectivity index (χ4n) is 2.38. The number of hydrogen-bond donors (Lipinski definition) is 1. The van der Waals surface area contributed by atoms with Crippen LogP contribution in [0.5, 0.6) is 0 Å². The molecule has 0 radical (unpaired) electrons. The van der Waals surface area contributed by atoms with E-state index in [9.17, 15) is 13.2 Å². The SMILES string of the molecule is CNc1ncnc(N2CCN(CC(F)(F)F)CC2)c1C. The van der Waals surface area contributed by atoms with Crippen molar-refractivity contribution in [3.63, 3.8) is 0 Å². The third-order valence-electron chi connectivity index (χ3n) is 3.37. The van der Waals surface area contributed by atoms with E-state index in [1.807, 2.05) is 11.8 Å². The first-order valence-corrected chi connectivity index (χ1v) is 6.44. The van der Waals surface area contributed by atoms with Crippen molar-refractivity contribution in [1.29, 1.82) is 0 Å². The van der Waals surface area contributed by atoms with Crippen LogP contribution in [0.2, 0.25) is 0 Å². The van der Waals surface area contributed by atoms with E-state index < -0.39 is 12.7 Å². The van der Waals surface area contributed by atoms with Gasteiger partial charge in [-0.25, -0.2) is 9.97 Å². The molecule has 0 aromatic carbocycles. The zero-order valence-corrected chi connectivity index (χ0v) is 11.5. The molecule has 1 fully saturated rings. The van der Waals surface area contributed by atoms with Crippen molar-refractivity contribution in [3.8, 4) is 0 Å². The van der Waals surface area contributed by atoms with Crippen LogP contribution < -0.4 is 10.2 Å². The second kappa shape index (κ2) is 5.82. The minimum atomic E-state index is -4.13. The lowest BCUT2D eigenvalue weighted by molar-refractivity contribution is -0.146. The Morgan fingerprint density at radius 3 is 2.40 bits per heavy atom. The van der Waals surface area contributed by atoms with Gasteiger partial charge in [-0.15, -0.1) is 0 Å². The molecule has 0 saturated carbocycles. The Hall–Kier alpha value is -1.57. The molecule has 0 spiro atoms. The molecule has 0 aliphatic carbocycles. The molecule has 1 N–H and O–H groups in total. The van der Waals surface area contributed by atoms with Crippen LogP contribution in [0.3, 0.4) is 0 Å². The van der Waals surface area contributed by atoms with Gasteiger partial charge < -0.3 is 10.2 Å². The summed E-state index contributed by atoms with van der Waals surface area (Å²) in [6.07, 6.45) is -2.66. The predicted molar refractivity (Wildman–Crippen MR) is 71.0 cm³/mol. The Kier molecular flexibility index (Phi) is 4.32. The minimum Gasteiger partial charge on any atom is -0.373 e. The zero-order chi connectivity index (χ0) is 14.8. The molecule has 2 heterocycles. The van der Waals surface area contributed by atoms with Gasteiger partial charge in [0.1, 0.15) is 18.0 Å². The number of nitrogens with zero attached hydrogens (tertiary/aromatic N) is 4. The molecular formula is C12H18F3N5. The molecule has 20 heavy (non-hydrogen) atoms. The number of hydrogen-bond acceptors (Lipinski definition) is 5. The van der Waals surface area contributed by atoms with Gasteiger partial charge in [0, 0.05) is 38.8 Å². The van der Waals surface area contributed by atoms with E-state index in [0.717, 1.165) is 17.2 Å². The number of piperazine rings is 1. The van der Waals surface area contributed by atoms with Gasteiger partial charge in [-0.3, -0.25) is 4.90 Å². The van der Waals surface area contributed by atoms with Gasteiger partial charge >= 0.3 is 6.18 Å². The van der Waals surface area contributed by atoms with E-state index in [-0.39, 0.29) is 0 Å². The van der Waals surface area contributed by atoms with Crippen LogP contribution in [0.25, 0.3) is 0 Å². The first-order valence-electron chi connectivity index (χ1n) is 6.44. The molecule has 1 aliphatic rings. The highest BCUT2D eigenvalue weighted by molar-refractivity contribution is 5.57. The molecule has 1 saturated heterocycles. The van der Waals surface area contributed by atoms with Gasteiger partial charge in [0.05, 0.1) is 6.54 Å². The van der Waals surface area contributed by atoms with Crippen LogP contribution in [0.15, 0.2) is 6.33 Å². The Balaban J connectivity index is 2.01. The van der Waals surface area contributed by atoms with Gasteiger partial charge in [0.2, 0.25) is 0 Å². The van der Waals surface area contributed by atoms with Crippen molar-refractivity contribution < 1.29 is 13.2 Å². The minimum absolute atomic E-state index is 0.387. The van der Waals surface area contributed by atoms with E-state index in [1.54, 1.807) is 7.05 Å². The highest BCUT2D eigenvalue weighted by atomic mass is 19.4. The molecule has 5 nitrogen and oxygen atoms in total. The van der Waals surface area contributed by atoms with Crippen molar-refractivity contribution in [1.82, 2.24) is 14.9 Å². The first-order chi connectivity index (χ1) is 9.40. The second-order valence-electron chi connectivity index (χ2n) is 4.80. The number of halogens is 3. The summed E-state index contributed by atoms with van der Waals surface area (Å²) < 4.78 is 37.0. The number of nitrogens with one attached hydrogen (secondary N) is 1. The van der Waals surface area contributed by atoms with E-state index in [4.69, 9.17) is 0 Å². The van der Waals surface area contributed by atoms with Crippen LogP contribution in [0.1, 0.15) is 5.56 Å². The van der Waals surface area contributed by atoms with Gasteiger partial charge in [0.15, 0.2) is 0 Å². The van der Waals surface area contributed by atoms with E-state index in [0.29, 0.717) is 26.2 Å². The molecule has 112 valence electrons. The molecule has 1 aromatic heterocycles. The summed E-state index contributed by atoms with van der Waals surface area (Å²) in [7, 11) is 1.78. The van der Waals surface area contributed by atoms with Crippen molar-refractivity contribution in [2.24, 2.45) is 0 Å². The maximum absolute atomic E-state index is 12.3. The number of anilines is 2. The van der Waals surface area contributed by atoms with Crippen LogP contribution in [0, 0.1) is 6.92 Å². The van der Waals surface area contributed by atoms with Crippen molar-refractivity contribution >= 4 is 11.6 Å². The highest BCUT2D eigenvalue weighted by Gasteiger charge is 2.32. The van der Waals surface area contributed by atoms with Crippen LogP contribution in [-0.4, -0.2) is 60.8 Å². The Bertz CT molecular complexity index is 455. The summed E-state index contributed by atoms with van der Waals surface area (Å²) in [5.74, 6) is 1.53. The van der Waals surface area contributed by atoms with Crippen molar-refractivity contribution in [2.45, 2.75) is 13.1 Å². The van der Waals surface area contributed by atoms with E-state index >= 15 is 0 Å².